The van der Waals surface area contributed by atoms with Crippen molar-refractivity contribution in [2.24, 2.45) is 0 Å². The van der Waals surface area contributed by atoms with E-state index in [1.54, 1.807) is 12.2 Å². The quantitative estimate of drug-likeness (QED) is 0.796. The van der Waals surface area contributed by atoms with Crippen LogP contribution in [0.1, 0.15) is 6.92 Å². The summed E-state index contributed by atoms with van der Waals surface area (Å²) >= 11 is 0. The van der Waals surface area contributed by atoms with Crippen molar-refractivity contribution in [2.45, 2.75) is 25.1 Å². The summed E-state index contributed by atoms with van der Waals surface area (Å²) in [5.41, 5.74) is 0. The predicted octanol–water partition coefficient (Wildman–Crippen LogP) is 1.61. The highest BCUT2D eigenvalue weighted by molar-refractivity contribution is 5.67. The van der Waals surface area contributed by atoms with E-state index >= 15 is 0 Å². The zero-order valence-electron chi connectivity index (χ0n) is 9.56. The standard InChI is InChI=1S/C9H13F5N2O2/c1-2-16-3-6(8(10,11)4-16)15-7(17)18-5-9(12,13)14/h6H,2-5H2,1H3,(H,15,17). The fourth-order valence-corrected chi connectivity index (χ4v) is 1.59. The Morgan fingerprint density at radius 2 is 2.11 bits per heavy atom. The van der Waals surface area contributed by atoms with Gasteiger partial charge in [-0.25, -0.2) is 13.6 Å². The first-order valence-electron chi connectivity index (χ1n) is 5.24. The number of likely N-dealkylation sites (N-methyl/N-ethyl adjacent to an activating group) is 1. The maximum absolute atomic E-state index is 13.3. The van der Waals surface area contributed by atoms with Gasteiger partial charge in [0.2, 0.25) is 0 Å². The summed E-state index contributed by atoms with van der Waals surface area (Å²) in [6.45, 7) is -0.418. The lowest BCUT2D eigenvalue weighted by atomic mass is 10.2. The van der Waals surface area contributed by atoms with Crippen molar-refractivity contribution in [3.63, 3.8) is 0 Å². The summed E-state index contributed by atoms with van der Waals surface area (Å²) in [6, 6.07) is -1.53. The molecule has 0 aromatic carbocycles. The Morgan fingerprint density at radius 3 is 2.56 bits per heavy atom. The Hall–Kier alpha value is -1.12. The molecule has 9 heteroatoms. The molecule has 0 saturated carbocycles. The second kappa shape index (κ2) is 5.25. The number of nitrogens with one attached hydrogen (secondary N) is 1. The molecule has 0 aliphatic carbocycles. The van der Waals surface area contributed by atoms with Gasteiger partial charge >= 0.3 is 12.3 Å². The summed E-state index contributed by atoms with van der Waals surface area (Å²) in [7, 11) is 0. The summed E-state index contributed by atoms with van der Waals surface area (Å²) in [4.78, 5) is 12.3. The van der Waals surface area contributed by atoms with Crippen LogP contribution in [0.15, 0.2) is 0 Å². The zero-order chi connectivity index (χ0) is 14.0. The van der Waals surface area contributed by atoms with Gasteiger partial charge in [0.05, 0.1) is 6.54 Å². The molecule has 0 spiro atoms. The molecule has 1 N–H and O–H groups in total. The number of rotatable bonds is 3. The average Bonchev–Trinajstić information content (AvgIpc) is 2.50. The van der Waals surface area contributed by atoms with Crippen molar-refractivity contribution in [1.82, 2.24) is 10.2 Å². The average molecular weight is 276 g/mol. The lowest BCUT2D eigenvalue weighted by Crippen LogP contribution is -2.47. The number of alkyl halides is 5. The van der Waals surface area contributed by atoms with Crippen LogP contribution < -0.4 is 5.32 Å². The van der Waals surface area contributed by atoms with E-state index < -0.39 is 37.4 Å². The molecule has 1 atom stereocenters. The van der Waals surface area contributed by atoms with Gasteiger partial charge in [0.1, 0.15) is 6.04 Å². The second-order valence-electron chi connectivity index (χ2n) is 3.98. The van der Waals surface area contributed by atoms with Crippen molar-refractivity contribution in [3.8, 4) is 0 Å². The van der Waals surface area contributed by atoms with E-state index in [1.165, 1.54) is 4.90 Å². The van der Waals surface area contributed by atoms with Crippen LogP contribution in [-0.2, 0) is 4.74 Å². The van der Waals surface area contributed by atoms with Crippen LogP contribution in [0.25, 0.3) is 0 Å². The summed E-state index contributed by atoms with van der Waals surface area (Å²) in [5, 5.41) is 1.75. The molecule has 1 unspecified atom stereocenters. The van der Waals surface area contributed by atoms with Gasteiger partial charge in [0.25, 0.3) is 5.92 Å². The molecule has 106 valence electrons. The number of amides is 1. The first kappa shape index (κ1) is 14.9. The number of alkyl carbamates (subject to hydrolysis) is 1. The lowest BCUT2D eigenvalue weighted by Gasteiger charge is -2.19. The van der Waals surface area contributed by atoms with Crippen LogP contribution in [0.2, 0.25) is 0 Å². The highest BCUT2D eigenvalue weighted by Gasteiger charge is 2.48. The molecule has 1 saturated heterocycles. The van der Waals surface area contributed by atoms with Gasteiger partial charge in [0, 0.05) is 6.54 Å². The van der Waals surface area contributed by atoms with Crippen LogP contribution in [0.3, 0.4) is 0 Å². The highest BCUT2D eigenvalue weighted by Crippen LogP contribution is 2.27. The van der Waals surface area contributed by atoms with Gasteiger partial charge in [0.15, 0.2) is 6.61 Å². The second-order valence-corrected chi connectivity index (χ2v) is 3.98. The first-order valence-corrected chi connectivity index (χ1v) is 5.24. The fraction of sp³-hybridized carbons (Fsp3) is 0.889. The Kier molecular flexibility index (Phi) is 4.36. The smallest absolute Gasteiger partial charge is 0.422 e. The van der Waals surface area contributed by atoms with Crippen molar-refractivity contribution in [3.05, 3.63) is 0 Å². The third-order valence-corrected chi connectivity index (χ3v) is 2.49. The van der Waals surface area contributed by atoms with Gasteiger partial charge in [-0.3, -0.25) is 4.90 Å². The van der Waals surface area contributed by atoms with Gasteiger partial charge in [-0.1, -0.05) is 6.92 Å². The molecular weight excluding hydrogens is 263 g/mol. The van der Waals surface area contributed by atoms with Crippen LogP contribution in [0.5, 0.6) is 0 Å². The van der Waals surface area contributed by atoms with E-state index in [-0.39, 0.29) is 6.54 Å². The molecule has 4 nitrogen and oxygen atoms in total. The van der Waals surface area contributed by atoms with Crippen molar-refractivity contribution < 1.29 is 31.5 Å². The lowest BCUT2D eigenvalue weighted by molar-refractivity contribution is -0.160. The molecule has 1 fully saturated rings. The highest BCUT2D eigenvalue weighted by atomic mass is 19.4. The number of halogens is 5. The van der Waals surface area contributed by atoms with Crippen LogP contribution in [0, 0.1) is 0 Å². The third kappa shape index (κ3) is 4.28. The van der Waals surface area contributed by atoms with Gasteiger partial charge in [-0.05, 0) is 6.54 Å². The molecule has 0 aromatic heterocycles. The number of carbonyl (C=O) groups is 1. The minimum atomic E-state index is -4.68. The van der Waals surface area contributed by atoms with Crippen molar-refractivity contribution >= 4 is 6.09 Å². The third-order valence-electron chi connectivity index (χ3n) is 2.49. The first-order chi connectivity index (χ1) is 8.14. The number of carbonyl (C=O) groups excluding carboxylic acids is 1. The molecule has 0 aromatic rings. The molecule has 1 aliphatic heterocycles. The van der Waals surface area contributed by atoms with Gasteiger partial charge in [-0.2, -0.15) is 13.2 Å². The number of hydrogen-bond donors (Lipinski definition) is 1. The fourth-order valence-electron chi connectivity index (χ4n) is 1.59. The molecule has 0 bridgehead atoms. The Bertz CT molecular complexity index is 308. The SMILES string of the molecule is CCN1CC(NC(=O)OCC(F)(F)F)C(F)(F)C1. The van der Waals surface area contributed by atoms with E-state index in [1.807, 2.05) is 0 Å². The minimum Gasteiger partial charge on any atom is -0.440 e. The number of hydrogen-bond acceptors (Lipinski definition) is 3. The Labute approximate surface area is 100 Å². The largest absolute Gasteiger partial charge is 0.440 e. The molecule has 1 rings (SSSR count). The zero-order valence-corrected chi connectivity index (χ0v) is 9.56. The number of likely N-dealkylation sites (tertiary alicyclic amines) is 1. The van der Waals surface area contributed by atoms with Crippen molar-refractivity contribution in [1.29, 1.82) is 0 Å². The summed E-state index contributed by atoms with van der Waals surface area (Å²) < 4.78 is 65.7. The molecule has 18 heavy (non-hydrogen) atoms. The number of nitrogens with zero attached hydrogens (tertiary/aromatic N) is 1. The molecule has 1 heterocycles. The Balaban J connectivity index is 2.45. The van der Waals surface area contributed by atoms with E-state index in [0.29, 0.717) is 6.54 Å². The van der Waals surface area contributed by atoms with Gasteiger partial charge in [-0.15, -0.1) is 0 Å². The summed E-state index contributed by atoms with van der Waals surface area (Å²) in [6.07, 6.45) is -6.17. The predicted molar refractivity (Wildman–Crippen MR) is 51.4 cm³/mol. The molecular formula is C9H13F5N2O2. The van der Waals surface area contributed by atoms with Crippen LogP contribution in [-0.4, -0.2) is 55.4 Å². The van der Waals surface area contributed by atoms with E-state index in [0.717, 1.165) is 0 Å². The topological polar surface area (TPSA) is 41.6 Å². The number of ether oxygens (including phenoxy) is 1. The minimum absolute atomic E-state index is 0.120. The van der Waals surface area contributed by atoms with E-state index in [9.17, 15) is 26.7 Å². The normalized spacial score (nSPS) is 24.0. The van der Waals surface area contributed by atoms with Gasteiger partial charge < -0.3 is 10.1 Å². The van der Waals surface area contributed by atoms with Crippen molar-refractivity contribution in [2.75, 3.05) is 26.2 Å². The van der Waals surface area contributed by atoms with Crippen LogP contribution in [0.4, 0.5) is 26.7 Å². The molecule has 0 radical (unpaired) electrons. The van der Waals surface area contributed by atoms with Crippen LogP contribution >= 0.6 is 0 Å². The molecule has 1 aliphatic rings. The van der Waals surface area contributed by atoms with E-state index in [4.69, 9.17) is 0 Å². The maximum atomic E-state index is 13.3. The monoisotopic (exact) mass is 276 g/mol. The molecule has 1 amide bonds. The Morgan fingerprint density at radius 1 is 1.50 bits per heavy atom. The summed E-state index contributed by atoms with van der Waals surface area (Å²) in [5.74, 6) is -3.17. The maximum Gasteiger partial charge on any atom is 0.422 e. The van der Waals surface area contributed by atoms with E-state index in [2.05, 4.69) is 4.74 Å².